The monoisotopic (exact) mass is 376 g/mol. The molecule has 0 atom stereocenters. The van der Waals surface area contributed by atoms with E-state index in [4.69, 9.17) is 10.7 Å². The summed E-state index contributed by atoms with van der Waals surface area (Å²) in [6.07, 6.45) is 0. The average molecular weight is 377 g/mol. The van der Waals surface area contributed by atoms with Crippen LogP contribution in [0.5, 0.6) is 0 Å². The molecule has 0 N–H and O–H groups in total. The van der Waals surface area contributed by atoms with Crippen molar-refractivity contribution in [1.29, 1.82) is 0 Å². The van der Waals surface area contributed by atoms with Gasteiger partial charge in [0, 0.05) is 10.7 Å². The molecule has 0 amide bonds. The van der Waals surface area contributed by atoms with Crippen molar-refractivity contribution in [2.24, 2.45) is 0 Å². The summed E-state index contributed by atoms with van der Waals surface area (Å²) >= 11 is 0. The molecule has 0 heterocycles. The van der Waals surface area contributed by atoms with Crippen LogP contribution in [0.3, 0.4) is 0 Å². The SMILES string of the molecule is CC(C)c1ccc(S(=O)(=O)c2ccc(F)cc2)cc1S(=O)(=O)Cl. The second kappa shape index (κ2) is 6.22. The van der Waals surface area contributed by atoms with E-state index in [9.17, 15) is 21.2 Å². The highest BCUT2D eigenvalue weighted by molar-refractivity contribution is 8.13. The van der Waals surface area contributed by atoms with Gasteiger partial charge in [0.05, 0.1) is 14.7 Å². The topological polar surface area (TPSA) is 68.3 Å². The van der Waals surface area contributed by atoms with E-state index in [0.29, 0.717) is 5.56 Å². The smallest absolute Gasteiger partial charge is 0.219 e. The molecule has 0 saturated carbocycles. The predicted molar refractivity (Wildman–Crippen MR) is 85.4 cm³/mol. The van der Waals surface area contributed by atoms with Gasteiger partial charge in [-0.3, -0.25) is 0 Å². The third-order valence-electron chi connectivity index (χ3n) is 3.30. The van der Waals surface area contributed by atoms with Crippen LogP contribution < -0.4 is 0 Å². The van der Waals surface area contributed by atoms with E-state index in [0.717, 1.165) is 30.3 Å². The molecule has 0 saturated heterocycles. The van der Waals surface area contributed by atoms with Crippen LogP contribution in [-0.4, -0.2) is 16.8 Å². The summed E-state index contributed by atoms with van der Waals surface area (Å²) in [5, 5.41) is 0. The third-order valence-corrected chi connectivity index (χ3v) is 6.45. The molecule has 0 unspecified atom stereocenters. The molecule has 0 aliphatic rings. The third kappa shape index (κ3) is 3.73. The standard InChI is InChI=1S/C15H14ClFO4S2/c1-10(2)14-8-7-13(9-15(14)23(16,20)21)22(18,19)12-5-3-11(17)4-6-12/h3-10H,1-2H3. The van der Waals surface area contributed by atoms with Gasteiger partial charge < -0.3 is 0 Å². The maximum atomic E-state index is 12.9. The van der Waals surface area contributed by atoms with Crippen LogP contribution in [0, 0.1) is 5.82 Å². The van der Waals surface area contributed by atoms with Crippen molar-refractivity contribution in [3.63, 3.8) is 0 Å². The van der Waals surface area contributed by atoms with Crippen LogP contribution in [0.1, 0.15) is 25.3 Å². The van der Waals surface area contributed by atoms with Gasteiger partial charge in [-0.15, -0.1) is 0 Å². The fourth-order valence-corrected chi connectivity index (χ4v) is 4.74. The van der Waals surface area contributed by atoms with Gasteiger partial charge in [-0.2, -0.15) is 0 Å². The summed E-state index contributed by atoms with van der Waals surface area (Å²) in [4.78, 5) is -0.584. The molecule has 2 rings (SSSR count). The minimum Gasteiger partial charge on any atom is -0.219 e. The molecular formula is C15H14ClFO4S2. The highest BCUT2D eigenvalue weighted by Crippen LogP contribution is 2.31. The molecule has 124 valence electrons. The Morgan fingerprint density at radius 1 is 0.913 bits per heavy atom. The van der Waals surface area contributed by atoms with Crippen molar-refractivity contribution in [1.82, 2.24) is 0 Å². The first-order valence-electron chi connectivity index (χ1n) is 6.63. The Labute approximate surface area is 139 Å². The summed E-state index contributed by atoms with van der Waals surface area (Å²) in [5.74, 6) is -0.718. The quantitative estimate of drug-likeness (QED) is 0.602. The molecule has 2 aromatic carbocycles. The van der Waals surface area contributed by atoms with E-state index in [1.807, 2.05) is 0 Å². The van der Waals surface area contributed by atoms with E-state index < -0.39 is 24.7 Å². The first-order valence-corrected chi connectivity index (χ1v) is 10.4. The molecule has 0 aliphatic carbocycles. The minimum absolute atomic E-state index is 0.130. The molecule has 0 fully saturated rings. The van der Waals surface area contributed by atoms with Crippen LogP contribution in [0.4, 0.5) is 4.39 Å². The van der Waals surface area contributed by atoms with Crippen LogP contribution >= 0.6 is 10.7 Å². The van der Waals surface area contributed by atoms with Crippen LogP contribution in [0.25, 0.3) is 0 Å². The molecule has 0 aromatic heterocycles. The van der Waals surface area contributed by atoms with Crippen molar-refractivity contribution in [3.8, 4) is 0 Å². The maximum Gasteiger partial charge on any atom is 0.261 e. The summed E-state index contributed by atoms with van der Waals surface area (Å²) in [5.41, 5.74) is 0.429. The largest absolute Gasteiger partial charge is 0.261 e. The first-order chi connectivity index (χ1) is 10.5. The molecule has 0 radical (unpaired) electrons. The summed E-state index contributed by atoms with van der Waals surface area (Å²) in [6, 6.07) is 8.07. The Morgan fingerprint density at radius 3 is 1.91 bits per heavy atom. The second-order valence-electron chi connectivity index (χ2n) is 5.25. The lowest BCUT2D eigenvalue weighted by Crippen LogP contribution is -2.06. The van der Waals surface area contributed by atoms with Crippen LogP contribution in [-0.2, 0) is 18.9 Å². The summed E-state index contributed by atoms with van der Waals surface area (Å²) < 4.78 is 61.5. The molecule has 0 spiro atoms. The van der Waals surface area contributed by atoms with E-state index in [-0.39, 0.29) is 20.6 Å². The Kier molecular flexibility index (Phi) is 4.84. The van der Waals surface area contributed by atoms with Gasteiger partial charge >= 0.3 is 0 Å². The number of benzene rings is 2. The minimum atomic E-state index is -4.10. The van der Waals surface area contributed by atoms with Gasteiger partial charge in [-0.25, -0.2) is 21.2 Å². The van der Waals surface area contributed by atoms with Gasteiger partial charge in [0.1, 0.15) is 5.82 Å². The van der Waals surface area contributed by atoms with Crippen molar-refractivity contribution < 1.29 is 21.2 Å². The van der Waals surface area contributed by atoms with Crippen molar-refractivity contribution in [2.75, 3.05) is 0 Å². The Hall–Kier alpha value is -1.44. The molecule has 0 aliphatic heterocycles. The molecule has 2 aromatic rings. The normalized spacial score (nSPS) is 12.6. The molecule has 4 nitrogen and oxygen atoms in total. The molecule has 8 heteroatoms. The Bertz CT molecular complexity index is 934. The Balaban J connectivity index is 2.67. The number of sulfone groups is 1. The maximum absolute atomic E-state index is 12.9. The van der Waals surface area contributed by atoms with Gasteiger partial charge in [0.25, 0.3) is 9.05 Å². The lowest BCUT2D eigenvalue weighted by molar-refractivity contribution is 0.594. The number of hydrogen-bond donors (Lipinski definition) is 0. The zero-order valence-corrected chi connectivity index (χ0v) is 14.7. The zero-order chi connectivity index (χ0) is 17.4. The van der Waals surface area contributed by atoms with Crippen molar-refractivity contribution >= 4 is 29.6 Å². The first kappa shape index (κ1) is 17.9. The summed E-state index contributed by atoms with van der Waals surface area (Å²) in [7, 11) is -2.65. The highest BCUT2D eigenvalue weighted by atomic mass is 35.7. The van der Waals surface area contributed by atoms with Crippen LogP contribution in [0.2, 0.25) is 0 Å². The van der Waals surface area contributed by atoms with Gasteiger partial charge in [-0.05, 0) is 47.9 Å². The van der Waals surface area contributed by atoms with Gasteiger partial charge in [0.2, 0.25) is 9.84 Å². The van der Waals surface area contributed by atoms with E-state index in [1.54, 1.807) is 13.8 Å². The molecular weight excluding hydrogens is 363 g/mol. The van der Waals surface area contributed by atoms with E-state index >= 15 is 0 Å². The molecule has 23 heavy (non-hydrogen) atoms. The Morgan fingerprint density at radius 2 is 1.43 bits per heavy atom. The zero-order valence-electron chi connectivity index (χ0n) is 12.3. The van der Waals surface area contributed by atoms with Crippen LogP contribution in [0.15, 0.2) is 57.2 Å². The predicted octanol–water partition coefficient (Wildman–Crippen LogP) is 3.71. The van der Waals surface area contributed by atoms with Crippen molar-refractivity contribution in [2.45, 2.75) is 34.5 Å². The number of halogens is 2. The fourth-order valence-electron chi connectivity index (χ4n) is 2.12. The lowest BCUT2D eigenvalue weighted by atomic mass is 10.0. The van der Waals surface area contributed by atoms with Gasteiger partial charge in [-0.1, -0.05) is 19.9 Å². The number of rotatable bonds is 4. The van der Waals surface area contributed by atoms with Gasteiger partial charge in [0.15, 0.2) is 0 Å². The molecule has 0 bridgehead atoms. The highest BCUT2D eigenvalue weighted by Gasteiger charge is 2.24. The van der Waals surface area contributed by atoms with Crippen molar-refractivity contribution in [3.05, 3.63) is 53.8 Å². The fraction of sp³-hybridized carbons (Fsp3) is 0.200. The summed E-state index contributed by atoms with van der Waals surface area (Å²) in [6.45, 7) is 3.55. The van der Waals surface area contributed by atoms with E-state index in [1.165, 1.54) is 12.1 Å². The average Bonchev–Trinajstić information content (AvgIpc) is 2.46. The lowest BCUT2D eigenvalue weighted by Gasteiger charge is -2.12. The van der Waals surface area contributed by atoms with E-state index in [2.05, 4.69) is 0 Å². The second-order valence-corrected chi connectivity index (χ2v) is 9.73. The number of hydrogen-bond acceptors (Lipinski definition) is 4.